The maximum absolute atomic E-state index is 12.3. The van der Waals surface area contributed by atoms with Crippen molar-refractivity contribution in [3.8, 4) is 5.69 Å². The third kappa shape index (κ3) is 3.67. The topological polar surface area (TPSA) is 85.0 Å². The van der Waals surface area contributed by atoms with E-state index in [1.807, 2.05) is 53.2 Å². The number of anilines is 1. The van der Waals surface area contributed by atoms with Crippen molar-refractivity contribution in [3.63, 3.8) is 0 Å². The van der Waals surface area contributed by atoms with Gasteiger partial charge in [0, 0.05) is 36.7 Å². The molecule has 2 aromatic carbocycles. The van der Waals surface area contributed by atoms with Crippen LogP contribution in [-0.2, 0) is 11.3 Å². The molecule has 0 fully saturated rings. The number of imidazole rings is 1. The number of hydrogen-bond donors (Lipinski definition) is 2. The number of carbonyl (C=O) groups excluding carboxylic acids is 1. The second-order valence-electron chi connectivity index (χ2n) is 6.32. The molecule has 28 heavy (non-hydrogen) atoms. The Morgan fingerprint density at radius 2 is 2.04 bits per heavy atom. The first kappa shape index (κ1) is 18.0. The first-order valence-electron chi connectivity index (χ1n) is 8.86. The first-order chi connectivity index (χ1) is 13.6. The summed E-state index contributed by atoms with van der Waals surface area (Å²) in [6, 6.07) is 14.7. The fraction of sp³-hybridized carbons (Fsp3) is 0.150. The van der Waals surface area contributed by atoms with E-state index in [2.05, 4.69) is 10.3 Å². The van der Waals surface area contributed by atoms with Gasteiger partial charge in [0.25, 0.3) is 0 Å². The zero-order chi connectivity index (χ0) is 19.5. The second-order valence-corrected chi connectivity index (χ2v) is 6.71. The molecular weight excluding hydrogens is 376 g/mol. The zero-order valence-corrected chi connectivity index (χ0v) is 15.7. The molecule has 0 saturated carbocycles. The molecule has 1 amide bonds. The number of aromatic amines is 1. The Morgan fingerprint density at radius 3 is 2.86 bits per heavy atom. The zero-order valence-electron chi connectivity index (χ0n) is 14.9. The predicted molar refractivity (Wildman–Crippen MR) is 109 cm³/mol. The maximum atomic E-state index is 12.3. The number of aromatic nitrogens is 3. The number of carbonyl (C=O) groups is 1. The number of hydrogen-bond acceptors (Lipinski definition) is 4. The van der Waals surface area contributed by atoms with E-state index >= 15 is 0 Å². The number of rotatable bonds is 6. The number of oxazole rings is 1. The molecule has 4 aromatic rings. The number of aryl methyl sites for hydroxylation is 1. The molecule has 0 aliphatic heterocycles. The van der Waals surface area contributed by atoms with Crippen molar-refractivity contribution in [2.45, 2.75) is 19.4 Å². The molecule has 0 unspecified atom stereocenters. The number of nitrogens with one attached hydrogen (secondary N) is 2. The number of benzene rings is 2. The predicted octanol–water partition coefficient (Wildman–Crippen LogP) is 3.86. The summed E-state index contributed by atoms with van der Waals surface area (Å²) >= 11 is 5.22. The van der Waals surface area contributed by atoms with Crippen LogP contribution in [0.3, 0.4) is 0 Å². The second kappa shape index (κ2) is 7.69. The van der Waals surface area contributed by atoms with Crippen LogP contribution in [-0.4, -0.2) is 20.0 Å². The lowest BCUT2D eigenvalue weighted by molar-refractivity contribution is -0.116. The van der Waals surface area contributed by atoms with Crippen LogP contribution >= 0.6 is 12.2 Å². The molecule has 0 aliphatic rings. The van der Waals surface area contributed by atoms with Gasteiger partial charge in [-0.2, -0.15) is 0 Å². The summed E-state index contributed by atoms with van der Waals surface area (Å²) in [6.07, 6.45) is 4.41. The van der Waals surface area contributed by atoms with Gasteiger partial charge >= 0.3 is 5.76 Å². The van der Waals surface area contributed by atoms with Gasteiger partial charge in [0.2, 0.25) is 5.91 Å². The van der Waals surface area contributed by atoms with Gasteiger partial charge in [0.05, 0.1) is 5.52 Å². The van der Waals surface area contributed by atoms with Crippen LogP contribution in [0.1, 0.15) is 12.8 Å². The highest BCUT2D eigenvalue weighted by Crippen LogP contribution is 2.16. The van der Waals surface area contributed by atoms with Crippen LogP contribution in [0.25, 0.3) is 16.8 Å². The molecule has 4 rings (SSSR count). The van der Waals surface area contributed by atoms with Gasteiger partial charge in [-0.15, -0.1) is 0 Å². The van der Waals surface area contributed by atoms with Crippen molar-refractivity contribution < 1.29 is 9.21 Å². The van der Waals surface area contributed by atoms with E-state index < -0.39 is 5.76 Å². The molecular formula is C20H18N4O3S. The highest BCUT2D eigenvalue weighted by molar-refractivity contribution is 7.71. The van der Waals surface area contributed by atoms with Gasteiger partial charge in [-0.3, -0.25) is 13.9 Å². The molecule has 0 aliphatic carbocycles. The quantitative estimate of drug-likeness (QED) is 0.486. The smallest absolute Gasteiger partial charge is 0.408 e. The largest absolute Gasteiger partial charge is 0.419 e. The summed E-state index contributed by atoms with van der Waals surface area (Å²) in [6.45, 7) is 0.418. The molecule has 8 heteroatoms. The van der Waals surface area contributed by atoms with Crippen molar-refractivity contribution >= 4 is 34.9 Å². The van der Waals surface area contributed by atoms with Gasteiger partial charge < -0.3 is 14.7 Å². The summed E-state index contributed by atoms with van der Waals surface area (Å²) in [7, 11) is 0. The number of fused-ring (bicyclic) bond motifs is 1. The molecule has 0 saturated heterocycles. The Kier molecular flexibility index (Phi) is 4.94. The summed E-state index contributed by atoms with van der Waals surface area (Å²) in [5, 5.41) is 2.89. The van der Waals surface area contributed by atoms with Crippen LogP contribution < -0.4 is 11.1 Å². The molecule has 0 spiro atoms. The summed E-state index contributed by atoms with van der Waals surface area (Å²) in [5.41, 5.74) is 2.85. The van der Waals surface area contributed by atoms with Crippen LogP contribution in [0, 0.1) is 4.77 Å². The van der Waals surface area contributed by atoms with E-state index in [0.29, 0.717) is 35.4 Å². The summed E-state index contributed by atoms with van der Waals surface area (Å²) < 4.78 is 9.16. The van der Waals surface area contributed by atoms with Gasteiger partial charge in [0.15, 0.2) is 10.4 Å². The first-order valence-corrected chi connectivity index (χ1v) is 9.27. The molecule has 0 bridgehead atoms. The fourth-order valence-electron chi connectivity index (χ4n) is 3.10. The Labute approximate surface area is 165 Å². The molecule has 2 aromatic heterocycles. The third-order valence-corrected chi connectivity index (χ3v) is 4.73. The summed E-state index contributed by atoms with van der Waals surface area (Å²) in [4.78, 5) is 27.2. The van der Waals surface area contributed by atoms with Crippen LogP contribution in [0.4, 0.5) is 5.69 Å². The SMILES string of the molecule is O=C(CCCn1c(=O)oc2ccccc21)Nc1cccc(-n2cc[nH]c2=S)c1. The molecule has 0 atom stereocenters. The van der Waals surface area contributed by atoms with E-state index in [0.717, 1.165) is 11.2 Å². The third-order valence-electron chi connectivity index (χ3n) is 4.42. The Morgan fingerprint density at radius 1 is 1.18 bits per heavy atom. The molecule has 2 heterocycles. The lowest BCUT2D eigenvalue weighted by Gasteiger charge is -2.08. The lowest BCUT2D eigenvalue weighted by Crippen LogP contribution is -2.17. The monoisotopic (exact) mass is 394 g/mol. The molecule has 2 N–H and O–H groups in total. The van der Waals surface area contributed by atoms with Crippen molar-refractivity contribution in [2.75, 3.05) is 5.32 Å². The number of para-hydroxylation sites is 2. The minimum Gasteiger partial charge on any atom is -0.408 e. The standard InChI is InChI=1S/C20H18N4O3S/c25-18(9-4-11-24-16-7-1-2-8-17(16)27-20(24)26)22-14-5-3-6-15(13-14)23-12-10-21-19(23)28/h1-3,5-8,10,12-13H,4,9,11H2,(H,21,28)(H,22,25). The Bertz CT molecular complexity index is 1250. The van der Waals surface area contributed by atoms with Crippen molar-refractivity contribution in [2.24, 2.45) is 0 Å². The van der Waals surface area contributed by atoms with E-state index in [4.69, 9.17) is 16.6 Å². The number of nitrogens with zero attached hydrogens (tertiary/aromatic N) is 2. The molecule has 7 nitrogen and oxygen atoms in total. The lowest BCUT2D eigenvalue weighted by atomic mass is 10.2. The van der Waals surface area contributed by atoms with E-state index in [9.17, 15) is 9.59 Å². The average molecular weight is 394 g/mol. The van der Waals surface area contributed by atoms with E-state index in [1.165, 1.54) is 0 Å². The van der Waals surface area contributed by atoms with Gasteiger partial charge in [-0.25, -0.2) is 4.79 Å². The highest BCUT2D eigenvalue weighted by Gasteiger charge is 2.09. The normalized spacial score (nSPS) is 11.0. The number of H-pyrrole nitrogens is 1. The van der Waals surface area contributed by atoms with E-state index in [1.54, 1.807) is 16.8 Å². The minimum absolute atomic E-state index is 0.115. The van der Waals surface area contributed by atoms with Gasteiger partial charge in [0.1, 0.15) is 0 Å². The Balaban J connectivity index is 1.39. The van der Waals surface area contributed by atoms with Crippen LogP contribution in [0.5, 0.6) is 0 Å². The van der Waals surface area contributed by atoms with Gasteiger partial charge in [-0.1, -0.05) is 18.2 Å². The fourth-order valence-corrected chi connectivity index (χ4v) is 3.34. The molecule has 142 valence electrons. The molecule has 0 radical (unpaired) electrons. The van der Waals surface area contributed by atoms with Crippen molar-refractivity contribution in [1.82, 2.24) is 14.1 Å². The minimum atomic E-state index is -0.405. The van der Waals surface area contributed by atoms with Crippen molar-refractivity contribution in [3.05, 3.63) is 76.2 Å². The van der Waals surface area contributed by atoms with Gasteiger partial charge in [-0.05, 0) is 49.0 Å². The number of amides is 1. The average Bonchev–Trinajstić information content (AvgIpc) is 3.25. The van der Waals surface area contributed by atoms with Crippen LogP contribution in [0.2, 0.25) is 0 Å². The highest BCUT2D eigenvalue weighted by atomic mass is 32.1. The maximum Gasteiger partial charge on any atom is 0.419 e. The van der Waals surface area contributed by atoms with E-state index in [-0.39, 0.29) is 5.91 Å². The van der Waals surface area contributed by atoms with Crippen LogP contribution in [0.15, 0.2) is 70.1 Å². The van der Waals surface area contributed by atoms with Crippen molar-refractivity contribution in [1.29, 1.82) is 0 Å². The Hall–Kier alpha value is -3.39. The summed E-state index contributed by atoms with van der Waals surface area (Å²) in [5.74, 6) is -0.520.